The van der Waals surface area contributed by atoms with E-state index in [0.29, 0.717) is 20.7 Å². The zero-order valence-electron chi connectivity index (χ0n) is 12.4. The van der Waals surface area contributed by atoms with E-state index in [0.717, 1.165) is 5.56 Å². The fraction of sp³-hybridized carbons (Fsp3) is 0.133. The van der Waals surface area contributed by atoms with Crippen LogP contribution in [0.25, 0.3) is 0 Å². The monoisotopic (exact) mass is 391 g/mol. The van der Waals surface area contributed by atoms with Crippen LogP contribution in [0.3, 0.4) is 0 Å². The Morgan fingerprint density at radius 2 is 1.57 bits per heavy atom. The fourth-order valence-electron chi connectivity index (χ4n) is 1.53. The number of benzene rings is 2. The molecule has 23 heavy (non-hydrogen) atoms. The molecule has 0 saturated heterocycles. The minimum atomic E-state index is -4.02. The van der Waals surface area contributed by atoms with Crippen LogP contribution in [-0.2, 0) is 10.1 Å². The van der Waals surface area contributed by atoms with Crippen molar-refractivity contribution in [3.63, 3.8) is 0 Å². The van der Waals surface area contributed by atoms with Gasteiger partial charge in [0.1, 0.15) is 0 Å². The van der Waals surface area contributed by atoms with Crippen molar-refractivity contribution in [3.05, 3.63) is 63.6 Å². The third-order valence-electron chi connectivity index (χ3n) is 2.71. The molecule has 0 bridgehead atoms. The molecule has 4 nitrogen and oxygen atoms in total. The second-order valence-corrected chi connectivity index (χ2v) is 7.47. The van der Waals surface area contributed by atoms with Crippen molar-refractivity contribution in [2.24, 2.45) is 0 Å². The number of hydrogen-bond acceptors (Lipinski definition) is 4. The number of thioether (sulfide) groups is 1. The van der Waals surface area contributed by atoms with E-state index in [4.69, 9.17) is 33.2 Å². The van der Waals surface area contributed by atoms with Gasteiger partial charge in [-0.3, -0.25) is 9.96 Å². The maximum Gasteiger partial charge on any atom is 0.294 e. The first-order valence-electron chi connectivity index (χ1n) is 6.28. The van der Waals surface area contributed by atoms with Crippen LogP contribution in [0.15, 0.2) is 47.4 Å². The van der Waals surface area contributed by atoms with E-state index in [1.165, 1.54) is 23.9 Å². The molecule has 2 aromatic carbocycles. The van der Waals surface area contributed by atoms with Crippen molar-refractivity contribution in [2.75, 3.05) is 6.26 Å². The second-order valence-electron chi connectivity index (χ2n) is 4.42. The molecule has 0 aliphatic carbocycles. The van der Waals surface area contributed by atoms with E-state index in [1.54, 1.807) is 30.3 Å². The Morgan fingerprint density at radius 3 is 1.96 bits per heavy atom. The van der Waals surface area contributed by atoms with Gasteiger partial charge in [0.25, 0.3) is 10.1 Å². The first kappa shape index (κ1) is 20.0. The summed E-state index contributed by atoms with van der Waals surface area (Å²) < 4.78 is 29.6. The van der Waals surface area contributed by atoms with Crippen LogP contribution < -0.4 is 0 Å². The molecule has 0 saturated carbocycles. The molecule has 0 heterocycles. The van der Waals surface area contributed by atoms with Gasteiger partial charge in [-0.25, -0.2) is 0 Å². The summed E-state index contributed by atoms with van der Waals surface area (Å²) in [6, 6.07) is 11.2. The Hall–Kier alpha value is -1.05. The predicted molar refractivity (Wildman–Crippen MR) is 97.8 cm³/mol. The maximum atomic E-state index is 10.5. The number of nitrogens with one attached hydrogen (secondary N) is 1. The number of halogens is 2. The molecule has 0 radical (unpaired) electrons. The molecular formula is C15H15Cl2NO3S2. The highest BCUT2D eigenvalue weighted by Crippen LogP contribution is 2.27. The molecule has 0 aliphatic rings. The largest absolute Gasteiger partial charge is 0.294 e. The summed E-state index contributed by atoms with van der Waals surface area (Å²) >= 11 is 13.0. The summed E-state index contributed by atoms with van der Waals surface area (Å²) in [6.07, 6.45) is 1.82. The Labute approximate surface area is 150 Å². The highest BCUT2D eigenvalue weighted by Gasteiger charge is 2.09. The number of rotatable bonds is 2. The summed E-state index contributed by atoms with van der Waals surface area (Å²) in [7, 11) is -4.02. The number of hydrogen-bond donors (Lipinski definition) is 2. The van der Waals surface area contributed by atoms with E-state index < -0.39 is 10.1 Å². The van der Waals surface area contributed by atoms with E-state index in [2.05, 4.69) is 0 Å². The summed E-state index contributed by atoms with van der Waals surface area (Å²) in [6.45, 7) is 1.84. The lowest BCUT2D eigenvalue weighted by Gasteiger charge is -2.04. The lowest BCUT2D eigenvalue weighted by molar-refractivity contribution is 0.483. The molecule has 0 amide bonds. The van der Waals surface area contributed by atoms with Gasteiger partial charge in [-0.1, -0.05) is 47.0 Å². The van der Waals surface area contributed by atoms with Crippen LogP contribution in [-0.4, -0.2) is 24.3 Å². The van der Waals surface area contributed by atoms with E-state index >= 15 is 0 Å². The second kappa shape index (κ2) is 8.70. The lowest BCUT2D eigenvalue weighted by Crippen LogP contribution is -1.96. The van der Waals surface area contributed by atoms with E-state index in [1.807, 2.05) is 13.2 Å². The Kier molecular flexibility index (Phi) is 7.57. The molecule has 0 fully saturated rings. The summed E-state index contributed by atoms with van der Waals surface area (Å²) in [5.74, 6) is 0. The highest BCUT2D eigenvalue weighted by atomic mass is 35.5. The van der Waals surface area contributed by atoms with Gasteiger partial charge in [0.15, 0.2) is 0 Å². The minimum absolute atomic E-state index is 0.0666. The first-order valence-corrected chi connectivity index (χ1v) is 9.70. The van der Waals surface area contributed by atoms with Crippen LogP contribution in [0.5, 0.6) is 0 Å². The van der Waals surface area contributed by atoms with Gasteiger partial charge in [-0.15, -0.1) is 11.8 Å². The number of aryl methyl sites for hydroxylation is 1. The molecule has 2 rings (SSSR count). The van der Waals surface area contributed by atoms with Gasteiger partial charge in [0, 0.05) is 5.56 Å². The van der Waals surface area contributed by atoms with Crippen LogP contribution in [0, 0.1) is 12.3 Å². The van der Waals surface area contributed by atoms with Crippen molar-refractivity contribution in [3.8, 4) is 0 Å². The van der Waals surface area contributed by atoms with Crippen LogP contribution in [0.4, 0.5) is 0 Å². The topological polar surface area (TPSA) is 78.2 Å². The molecule has 0 unspecified atom stereocenters. The quantitative estimate of drug-likeness (QED) is 0.432. The summed E-state index contributed by atoms with van der Waals surface area (Å²) in [4.78, 5) is -0.0666. The Balaban J connectivity index is 0.000000231. The Bertz CT molecular complexity index is 771. The van der Waals surface area contributed by atoms with Gasteiger partial charge in [0.05, 0.1) is 20.0 Å². The average Bonchev–Trinajstić information content (AvgIpc) is 2.47. The molecule has 124 valence electrons. The summed E-state index contributed by atoms with van der Waals surface area (Å²) in [5.41, 5.74) is 1.57. The minimum Gasteiger partial charge on any atom is -0.293 e. The Morgan fingerprint density at radius 1 is 1.09 bits per heavy atom. The molecule has 0 atom stereocenters. The molecule has 8 heteroatoms. The van der Waals surface area contributed by atoms with Gasteiger partial charge in [-0.05, 0) is 37.4 Å². The summed E-state index contributed by atoms with van der Waals surface area (Å²) in [5, 5.41) is 9.01. The van der Waals surface area contributed by atoms with E-state index in [9.17, 15) is 8.42 Å². The zero-order chi connectivity index (χ0) is 17.6. The van der Waals surface area contributed by atoms with Gasteiger partial charge in [0.2, 0.25) is 0 Å². The smallest absolute Gasteiger partial charge is 0.293 e. The third-order valence-corrected chi connectivity index (χ3v) is 4.82. The molecule has 0 spiro atoms. The highest BCUT2D eigenvalue weighted by molar-refractivity contribution is 8.13. The predicted octanol–water partition coefficient (Wildman–Crippen LogP) is 4.92. The fourth-order valence-corrected chi connectivity index (χ4v) is 3.13. The zero-order valence-corrected chi connectivity index (χ0v) is 15.5. The van der Waals surface area contributed by atoms with Crippen molar-refractivity contribution in [1.82, 2.24) is 0 Å². The standard InChI is InChI=1S/C8H7Cl2NS.C7H8O3S/c1-12-8(11)7-5(9)3-2-4-6(7)10;1-6-2-4-7(5-3-6)11(8,9)10/h2-4,11H,1H3;2-5H,1H3,(H,8,9,10). The molecule has 0 aromatic heterocycles. The van der Waals surface area contributed by atoms with Crippen LogP contribution in [0.1, 0.15) is 11.1 Å². The van der Waals surface area contributed by atoms with Crippen LogP contribution >= 0.6 is 35.0 Å². The average molecular weight is 392 g/mol. The lowest BCUT2D eigenvalue weighted by atomic mass is 10.2. The molecular weight excluding hydrogens is 377 g/mol. The van der Waals surface area contributed by atoms with Crippen molar-refractivity contribution >= 4 is 50.1 Å². The van der Waals surface area contributed by atoms with Crippen molar-refractivity contribution in [2.45, 2.75) is 11.8 Å². The first-order chi connectivity index (χ1) is 10.7. The SMILES string of the molecule is CSC(=N)c1c(Cl)cccc1Cl.Cc1ccc(S(=O)(=O)O)cc1. The van der Waals surface area contributed by atoms with Gasteiger partial charge < -0.3 is 0 Å². The van der Waals surface area contributed by atoms with Crippen LogP contribution in [0.2, 0.25) is 10.0 Å². The van der Waals surface area contributed by atoms with Gasteiger partial charge in [-0.2, -0.15) is 8.42 Å². The molecule has 0 aliphatic heterocycles. The van der Waals surface area contributed by atoms with Crippen molar-refractivity contribution in [1.29, 1.82) is 5.41 Å². The molecule has 2 N–H and O–H groups in total. The normalized spacial score (nSPS) is 10.7. The third kappa shape index (κ3) is 6.16. The van der Waals surface area contributed by atoms with Crippen molar-refractivity contribution < 1.29 is 13.0 Å². The van der Waals surface area contributed by atoms with E-state index in [-0.39, 0.29) is 4.90 Å². The maximum absolute atomic E-state index is 10.5. The molecule has 2 aromatic rings. The van der Waals surface area contributed by atoms with Gasteiger partial charge >= 0.3 is 0 Å².